The molecule has 0 radical (unpaired) electrons. The van der Waals surface area contributed by atoms with Crippen LogP contribution in [0.1, 0.15) is 12.5 Å². The van der Waals surface area contributed by atoms with E-state index in [1.165, 1.54) is 45.4 Å². The van der Waals surface area contributed by atoms with Gasteiger partial charge >= 0.3 is 0 Å². The summed E-state index contributed by atoms with van der Waals surface area (Å²) >= 11 is 0. The van der Waals surface area contributed by atoms with E-state index in [1.807, 2.05) is 0 Å². The monoisotopic (exact) mass is 410 g/mol. The van der Waals surface area contributed by atoms with Gasteiger partial charge in [0.05, 0.1) is 26.2 Å². The Morgan fingerprint density at radius 1 is 1.11 bits per heavy atom. The lowest BCUT2D eigenvalue weighted by Gasteiger charge is -2.28. The summed E-state index contributed by atoms with van der Waals surface area (Å²) in [4.78, 5) is 12.6. The number of benzene rings is 2. The third kappa shape index (κ3) is 5.13. The van der Waals surface area contributed by atoms with Crippen molar-refractivity contribution in [1.29, 1.82) is 0 Å². The molecule has 1 amide bonds. The highest BCUT2D eigenvalue weighted by Gasteiger charge is 2.29. The Hall–Kier alpha value is -2.81. The molecule has 7 nitrogen and oxygen atoms in total. The second kappa shape index (κ2) is 8.92. The molecular weight excluding hydrogens is 387 g/mol. The highest BCUT2D eigenvalue weighted by Crippen LogP contribution is 2.33. The zero-order chi connectivity index (χ0) is 20.9. The van der Waals surface area contributed by atoms with Crippen LogP contribution in [0.2, 0.25) is 0 Å². The zero-order valence-corrected chi connectivity index (χ0v) is 16.9. The van der Waals surface area contributed by atoms with Crippen LogP contribution in [0.3, 0.4) is 0 Å². The van der Waals surface area contributed by atoms with E-state index in [9.17, 15) is 17.6 Å². The van der Waals surface area contributed by atoms with E-state index in [1.54, 1.807) is 18.2 Å². The average molecular weight is 410 g/mol. The van der Waals surface area contributed by atoms with E-state index in [0.717, 1.165) is 10.6 Å². The van der Waals surface area contributed by atoms with Crippen LogP contribution >= 0.6 is 0 Å². The highest BCUT2D eigenvalue weighted by atomic mass is 32.2. The number of methoxy groups -OCH3 is 2. The van der Waals surface area contributed by atoms with Gasteiger partial charge in [-0.05, 0) is 36.8 Å². The Labute approximate surface area is 164 Å². The van der Waals surface area contributed by atoms with Gasteiger partial charge in [0, 0.05) is 12.6 Å². The molecule has 28 heavy (non-hydrogen) atoms. The fourth-order valence-electron chi connectivity index (χ4n) is 2.71. The quantitative estimate of drug-likeness (QED) is 0.722. The predicted molar refractivity (Wildman–Crippen MR) is 105 cm³/mol. The third-order valence-corrected chi connectivity index (χ3v) is 5.33. The van der Waals surface area contributed by atoms with Crippen molar-refractivity contribution >= 4 is 21.6 Å². The molecule has 0 aromatic heterocycles. The summed E-state index contributed by atoms with van der Waals surface area (Å²) in [5, 5.41) is 2.67. The number of sulfonamides is 1. The van der Waals surface area contributed by atoms with Gasteiger partial charge in [-0.25, -0.2) is 12.8 Å². The van der Waals surface area contributed by atoms with Gasteiger partial charge in [-0.1, -0.05) is 12.1 Å². The summed E-state index contributed by atoms with van der Waals surface area (Å²) < 4.78 is 49.1. The molecule has 152 valence electrons. The number of hydrogen-bond acceptors (Lipinski definition) is 5. The maximum atomic E-state index is 13.0. The van der Waals surface area contributed by atoms with E-state index in [-0.39, 0.29) is 18.0 Å². The molecule has 0 saturated carbocycles. The lowest BCUT2D eigenvalue weighted by atomic mass is 10.2. The van der Waals surface area contributed by atoms with E-state index >= 15 is 0 Å². The van der Waals surface area contributed by atoms with E-state index in [0.29, 0.717) is 17.1 Å². The van der Waals surface area contributed by atoms with Gasteiger partial charge in [-0.2, -0.15) is 0 Å². The Morgan fingerprint density at radius 3 is 2.25 bits per heavy atom. The summed E-state index contributed by atoms with van der Waals surface area (Å²) in [6, 6.07) is 9.24. The predicted octanol–water partition coefficient (Wildman–Crippen LogP) is 2.31. The van der Waals surface area contributed by atoms with Crippen LogP contribution in [0.5, 0.6) is 11.5 Å². The summed E-state index contributed by atoms with van der Waals surface area (Å²) in [5.74, 6) is -0.0923. The first-order valence-corrected chi connectivity index (χ1v) is 10.3. The normalized spacial score (nSPS) is 12.2. The Kier molecular flexibility index (Phi) is 6.85. The molecule has 0 bridgehead atoms. The van der Waals surface area contributed by atoms with Crippen molar-refractivity contribution in [1.82, 2.24) is 5.32 Å². The van der Waals surface area contributed by atoms with E-state index in [2.05, 4.69) is 5.32 Å². The largest absolute Gasteiger partial charge is 0.493 e. The molecule has 0 heterocycles. The third-order valence-electron chi connectivity index (χ3n) is 4.09. The van der Waals surface area contributed by atoms with Gasteiger partial charge in [-0.15, -0.1) is 0 Å². The molecule has 0 spiro atoms. The lowest BCUT2D eigenvalue weighted by Crippen LogP contribution is -2.47. The lowest BCUT2D eigenvalue weighted by molar-refractivity contribution is -0.122. The summed E-state index contributed by atoms with van der Waals surface area (Å²) in [5.41, 5.74) is 0.962. The van der Waals surface area contributed by atoms with Crippen molar-refractivity contribution in [3.63, 3.8) is 0 Å². The van der Waals surface area contributed by atoms with Crippen LogP contribution in [0, 0.1) is 5.82 Å². The Bertz CT molecular complexity index is 932. The zero-order valence-electron chi connectivity index (χ0n) is 16.1. The van der Waals surface area contributed by atoms with Gasteiger partial charge in [0.15, 0.2) is 11.5 Å². The van der Waals surface area contributed by atoms with E-state index in [4.69, 9.17) is 9.47 Å². The van der Waals surface area contributed by atoms with Crippen molar-refractivity contribution in [3.8, 4) is 11.5 Å². The molecule has 0 aliphatic heterocycles. The van der Waals surface area contributed by atoms with Crippen LogP contribution in [0.25, 0.3) is 0 Å². The molecule has 0 unspecified atom stereocenters. The summed E-state index contributed by atoms with van der Waals surface area (Å²) in [7, 11) is -0.863. The molecule has 2 aromatic carbocycles. The number of anilines is 1. The number of carbonyl (C=O) groups is 1. The SMILES string of the molecule is COc1ccc(N([C@H](C)C(=O)NCc2ccc(F)cc2)S(C)(=O)=O)cc1OC. The van der Waals surface area contributed by atoms with Crippen molar-refractivity contribution in [2.45, 2.75) is 19.5 Å². The van der Waals surface area contributed by atoms with Gasteiger partial charge in [0.2, 0.25) is 15.9 Å². The molecule has 2 rings (SSSR count). The molecule has 1 N–H and O–H groups in total. The maximum absolute atomic E-state index is 13.0. The number of ether oxygens (including phenoxy) is 2. The molecule has 0 aliphatic carbocycles. The van der Waals surface area contributed by atoms with Crippen LogP contribution in [-0.2, 0) is 21.4 Å². The number of carbonyl (C=O) groups excluding carboxylic acids is 1. The van der Waals surface area contributed by atoms with Gasteiger partial charge in [-0.3, -0.25) is 9.10 Å². The number of rotatable bonds is 8. The number of nitrogens with one attached hydrogen (secondary N) is 1. The maximum Gasteiger partial charge on any atom is 0.243 e. The van der Waals surface area contributed by atoms with Crippen molar-refractivity contribution in [2.24, 2.45) is 0 Å². The highest BCUT2D eigenvalue weighted by molar-refractivity contribution is 7.92. The first-order valence-electron chi connectivity index (χ1n) is 8.41. The minimum Gasteiger partial charge on any atom is -0.493 e. The van der Waals surface area contributed by atoms with Crippen LogP contribution in [-0.4, -0.2) is 40.8 Å². The summed E-state index contributed by atoms with van der Waals surface area (Å²) in [6.45, 7) is 1.63. The molecule has 9 heteroatoms. The summed E-state index contributed by atoms with van der Waals surface area (Å²) in [6.07, 6.45) is 1.02. The van der Waals surface area contributed by atoms with Gasteiger partial charge in [0.25, 0.3) is 0 Å². The molecule has 0 fully saturated rings. The second-order valence-electron chi connectivity index (χ2n) is 6.12. The fourth-order valence-corrected chi connectivity index (χ4v) is 3.88. The second-order valence-corrected chi connectivity index (χ2v) is 7.98. The van der Waals surface area contributed by atoms with Crippen molar-refractivity contribution in [2.75, 3.05) is 24.8 Å². The molecule has 2 aromatic rings. The topological polar surface area (TPSA) is 84.9 Å². The van der Waals surface area contributed by atoms with Crippen molar-refractivity contribution < 1.29 is 27.1 Å². The Balaban J connectivity index is 2.25. The molecule has 0 saturated heterocycles. The molecule has 1 atom stereocenters. The Morgan fingerprint density at radius 2 is 1.71 bits per heavy atom. The van der Waals surface area contributed by atoms with E-state index < -0.39 is 22.0 Å². The smallest absolute Gasteiger partial charge is 0.243 e. The van der Waals surface area contributed by atoms with Crippen LogP contribution in [0.4, 0.5) is 10.1 Å². The minimum atomic E-state index is -3.77. The first kappa shape index (κ1) is 21.5. The fraction of sp³-hybridized carbons (Fsp3) is 0.316. The standard InChI is InChI=1S/C19H23FN2O5S/c1-13(19(23)21-12-14-5-7-15(20)8-6-14)22(28(4,24)25)16-9-10-17(26-2)18(11-16)27-3/h5-11,13H,12H2,1-4H3,(H,21,23)/t13-/m1/s1. The number of amides is 1. The number of hydrogen-bond donors (Lipinski definition) is 1. The van der Waals surface area contributed by atoms with Crippen LogP contribution < -0.4 is 19.1 Å². The number of halogens is 1. The van der Waals surface area contributed by atoms with Crippen molar-refractivity contribution in [3.05, 3.63) is 53.8 Å². The first-order chi connectivity index (χ1) is 13.2. The van der Waals surface area contributed by atoms with Gasteiger partial charge < -0.3 is 14.8 Å². The minimum absolute atomic E-state index is 0.146. The van der Waals surface area contributed by atoms with Gasteiger partial charge in [0.1, 0.15) is 11.9 Å². The number of nitrogens with zero attached hydrogens (tertiary/aromatic N) is 1. The van der Waals surface area contributed by atoms with Crippen LogP contribution in [0.15, 0.2) is 42.5 Å². The average Bonchev–Trinajstić information content (AvgIpc) is 2.66. The molecular formula is C19H23FN2O5S. The molecule has 0 aliphatic rings.